The summed E-state index contributed by atoms with van der Waals surface area (Å²) in [5, 5.41) is 9.59. The van der Waals surface area contributed by atoms with Crippen LogP contribution in [0, 0.1) is 0 Å². The van der Waals surface area contributed by atoms with Gasteiger partial charge in [0.25, 0.3) is 0 Å². The fourth-order valence-electron chi connectivity index (χ4n) is 0.270. The molecule has 39 valence electrons. The zero-order valence-corrected chi connectivity index (χ0v) is 4.42. The fraction of sp³-hybridized carbons (Fsp3) is 0.333. The molecule has 0 N–H and O–H groups in total. The van der Waals surface area contributed by atoms with Crippen LogP contribution in [-0.4, -0.2) is 0 Å². The molecule has 0 saturated heterocycles. The number of hydrogen-bond acceptors (Lipinski definition) is 0. The average molecular weight is 97.1 g/mol. The van der Waals surface area contributed by atoms with Gasteiger partial charge < -0.3 is 0 Å². The third-order valence-electron chi connectivity index (χ3n) is 0.604. The second-order valence-corrected chi connectivity index (χ2v) is 1.18. The Bertz CT molecular complexity index is 62.2. The van der Waals surface area contributed by atoms with Crippen molar-refractivity contribution in [1.29, 1.82) is 0 Å². The van der Waals surface area contributed by atoms with Crippen LogP contribution in [0.4, 0.5) is 0 Å². The molecule has 0 rings (SSSR count). The van der Waals surface area contributed by atoms with E-state index in [1.54, 1.807) is 6.08 Å². The molecule has 7 heavy (non-hydrogen) atoms. The lowest BCUT2D eigenvalue weighted by molar-refractivity contribution is 0.350. The third-order valence-corrected chi connectivity index (χ3v) is 0.604. The maximum atomic E-state index is 9.59. The van der Waals surface area contributed by atoms with E-state index in [1.807, 2.05) is 19.1 Å². The van der Waals surface area contributed by atoms with E-state index in [0.29, 0.717) is 0 Å². The Balaban J connectivity index is 2.98. The van der Waals surface area contributed by atoms with Gasteiger partial charge in [-0.25, -0.2) is 0 Å². The average Bonchev–Trinajstić information content (AvgIpc) is 1.69. The summed E-state index contributed by atoms with van der Waals surface area (Å²) in [6.07, 6.45) is 6.98. The maximum Gasteiger partial charge on any atom is 0.139 e. The van der Waals surface area contributed by atoms with Gasteiger partial charge in [0.1, 0.15) is 6.26 Å². The van der Waals surface area contributed by atoms with Crippen molar-refractivity contribution < 1.29 is 5.11 Å². The molecule has 0 aliphatic heterocycles. The Kier molecular flexibility index (Phi) is 4.74. The predicted molar refractivity (Wildman–Crippen MR) is 29.3 cm³/mol. The van der Waals surface area contributed by atoms with Crippen molar-refractivity contribution in [3.63, 3.8) is 0 Å². The van der Waals surface area contributed by atoms with E-state index in [2.05, 4.69) is 0 Å². The van der Waals surface area contributed by atoms with Gasteiger partial charge in [0, 0.05) is 0 Å². The summed E-state index contributed by atoms with van der Waals surface area (Å²) in [4.78, 5) is 0. The lowest BCUT2D eigenvalue weighted by Crippen LogP contribution is -1.53. The van der Waals surface area contributed by atoms with Gasteiger partial charge in [-0.3, -0.25) is 5.11 Å². The van der Waals surface area contributed by atoms with Gasteiger partial charge in [-0.2, -0.15) is 0 Å². The molecule has 0 aromatic rings. The first-order chi connectivity index (χ1) is 3.41. The van der Waals surface area contributed by atoms with E-state index in [1.165, 1.54) is 0 Å². The van der Waals surface area contributed by atoms with Gasteiger partial charge >= 0.3 is 0 Å². The van der Waals surface area contributed by atoms with Crippen LogP contribution >= 0.6 is 0 Å². The van der Waals surface area contributed by atoms with Crippen LogP contribution in [0.15, 0.2) is 24.5 Å². The second kappa shape index (κ2) is 5.28. The minimum Gasteiger partial charge on any atom is -0.299 e. The van der Waals surface area contributed by atoms with E-state index in [4.69, 9.17) is 0 Å². The monoisotopic (exact) mass is 97.1 g/mol. The Morgan fingerprint density at radius 3 is 2.57 bits per heavy atom. The van der Waals surface area contributed by atoms with Gasteiger partial charge in [-0.1, -0.05) is 12.2 Å². The number of allylic oxidation sites excluding steroid dienone is 3. The highest BCUT2D eigenvalue weighted by Crippen LogP contribution is 1.81. The molecular weight excluding hydrogens is 88.1 g/mol. The first-order valence-corrected chi connectivity index (χ1v) is 2.30. The molecule has 1 heteroatoms. The summed E-state index contributed by atoms with van der Waals surface area (Å²) in [6.45, 7) is 1.93. The molecule has 1 radical (unpaired) electrons. The summed E-state index contributed by atoms with van der Waals surface area (Å²) in [7, 11) is 0. The third kappa shape index (κ3) is 5.28. The summed E-state index contributed by atoms with van der Waals surface area (Å²) in [5.41, 5.74) is 0. The first-order valence-electron chi connectivity index (χ1n) is 2.30. The van der Waals surface area contributed by atoms with Gasteiger partial charge in [0.15, 0.2) is 0 Å². The highest BCUT2D eigenvalue weighted by molar-refractivity contribution is 4.86. The molecule has 0 aromatic carbocycles. The standard InChI is InChI=1S/C6H9O/c1-2-3-4-5-6-7/h2-3,5-6H,4H2,1H3/b3-2+,6-5+. The summed E-state index contributed by atoms with van der Waals surface area (Å²) in [5.74, 6) is 0. The first kappa shape index (κ1) is 6.28. The second-order valence-electron chi connectivity index (χ2n) is 1.18. The van der Waals surface area contributed by atoms with Crippen molar-refractivity contribution in [3.05, 3.63) is 24.5 Å². The minimum absolute atomic E-state index is 0.764. The molecule has 0 aliphatic rings. The molecule has 0 unspecified atom stereocenters. The molecule has 0 aliphatic carbocycles. The summed E-state index contributed by atoms with van der Waals surface area (Å²) < 4.78 is 0. The Morgan fingerprint density at radius 2 is 2.14 bits per heavy atom. The number of rotatable bonds is 2. The van der Waals surface area contributed by atoms with Crippen molar-refractivity contribution in [2.24, 2.45) is 0 Å². The van der Waals surface area contributed by atoms with E-state index >= 15 is 0 Å². The van der Waals surface area contributed by atoms with Crippen molar-refractivity contribution in [2.45, 2.75) is 13.3 Å². The zero-order valence-electron chi connectivity index (χ0n) is 4.42. The van der Waals surface area contributed by atoms with Crippen LogP contribution in [0.5, 0.6) is 0 Å². The van der Waals surface area contributed by atoms with Crippen LogP contribution in [-0.2, 0) is 5.11 Å². The molecule has 1 nitrogen and oxygen atoms in total. The maximum absolute atomic E-state index is 9.59. The van der Waals surface area contributed by atoms with Gasteiger partial charge in [0.05, 0.1) is 0 Å². The summed E-state index contributed by atoms with van der Waals surface area (Å²) in [6, 6.07) is 0. The van der Waals surface area contributed by atoms with E-state index in [-0.39, 0.29) is 0 Å². The molecule has 0 aromatic heterocycles. The van der Waals surface area contributed by atoms with Crippen LogP contribution in [0.1, 0.15) is 13.3 Å². The largest absolute Gasteiger partial charge is 0.299 e. The molecule has 0 saturated carbocycles. The topological polar surface area (TPSA) is 19.9 Å². The van der Waals surface area contributed by atoms with Crippen molar-refractivity contribution in [1.82, 2.24) is 0 Å². The van der Waals surface area contributed by atoms with Gasteiger partial charge in [-0.05, 0) is 19.4 Å². The highest BCUT2D eigenvalue weighted by atomic mass is 16.2. The SMILES string of the molecule is C/C=C/C/C=C/[O]. The molecule has 0 heterocycles. The van der Waals surface area contributed by atoms with E-state index in [0.717, 1.165) is 12.7 Å². The lowest BCUT2D eigenvalue weighted by Gasteiger charge is -1.71. The van der Waals surface area contributed by atoms with Crippen LogP contribution in [0.25, 0.3) is 0 Å². The van der Waals surface area contributed by atoms with E-state index in [9.17, 15) is 5.11 Å². The lowest BCUT2D eigenvalue weighted by atomic mass is 10.4. The smallest absolute Gasteiger partial charge is 0.139 e. The Morgan fingerprint density at radius 1 is 1.43 bits per heavy atom. The van der Waals surface area contributed by atoms with Gasteiger partial charge in [0.2, 0.25) is 0 Å². The van der Waals surface area contributed by atoms with E-state index < -0.39 is 0 Å². The molecule has 0 atom stereocenters. The predicted octanol–water partition coefficient (Wildman–Crippen LogP) is 1.90. The van der Waals surface area contributed by atoms with Gasteiger partial charge in [-0.15, -0.1) is 0 Å². The van der Waals surface area contributed by atoms with Crippen molar-refractivity contribution in [3.8, 4) is 0 Å². The quantitative estimate of drug-likeness (QED) is 0.370. The van der Waals surface area contributed by atoms with Crippen LogP contribution < -0.4 is 0 Å². The fourth-order valence-corrected chi connectivity index (χ4v) is 0.270. The highest BCUT2D eigenvalue weighted by Gasteiger charge is 1.64. The molecule has 0 spiro atoms. The van der Waals surface area contributed by atoms with Crippen LogP contribution in [0.3, 0.4) is 0 Å². The minimum atomic E-state index is 0.764. The Hall–Kier alpha value is -0.720. The van der Waals surface area contributed by atoms with Crippen molar-refractivity contribution >= 4 is 0 Å². The summed E-state index contributed by atoms with van der Waals surface area (Å²) >= 11 is 0. The molecular formula is C6H9O. The Labute approximate surface area is 44.0 Å². The zero-order chi connectivity index (χ0) is 5.54. The molecule has 0 fully saturated rings. The normalized spacial score (nSPS) is 11.6. The van der Waals surface area contributed by atoms with Crippen LogP contribution in [0.2, 0.25) is 0 Å². The molecule has 0 bridgehead atoms. The number of hydrogen-bond donors (Lipinski definition) is 0. The van der Waals surface area contributed by atoms with Crippen molar-refractivity contribution in [2.75, 3.05) is 0 Å². The molecule has 0 amide bonds.